The van der Waals surface area contributed by atoms with Crippen molar-refractivity contribution in [2.24, 2.45) is 5.10 Å². The van der Waals surface area contributed by atoms with Crippen LogP contribution in [0.5, 0.6) is 0 Å². The summed E-state index contributed by atoms with van der Waals surface area (Å²) in [7, 11) is 0. The first-order valence-electron chi connectivity index (χ1n) is 3.04. The topological polar surface area (TPSA) is 56.5 Å². The third-order valence-electron chi connectivity index (χ3n) is 1.21. The molecule has 0 radical (unpaired) electrons. The minimum Gasteiger partial charge on any atom is -0.272 e. The van der Waals surface area contributed by atoms with Gasteiger partial charge in [0.2, 0.25) is 0 Å². The smallest absolute Gasteiger partial charge is 0.256 e. The number of carbonyl (C=O) groups is 1. The van der Waals surface area contributed by atoms with E-state index in [9.17, 15) is 4.79 Å². The fraction of sp³-hybridized carbons (Fsp3) is 0.500. The van der Waals surface area contributed by atoms with E-state index < -0.39 is 0 Å². The van der Waals surface area contributed by atoms with Gasteiger partial charge < -0.3 is 0 Å². The molecule has 0 fully saturated rings. The minimum atomic E-state index is -0.212. The Labute approximate surface area is 58.7 Å². The van der Waals surface area contributed by atoms with E-state index in [2.05, 4.69) is 5.10 Å². The minimum absolute atomic E-state index is 0.0721. The average Bonchev–Trinajstić information content (AvgIpc) is 2.38. The van der Waals surface area contributed by atoms with Gasteiger partial charge in [0.25, 0.3) is 5.91 Å². The maximum atomic E-state index is 10.8. The zero-order valence-electron chi connectivity index (χ0n) is 5.45. The molecule has 0 aliphatic carbocycles. The second-order valence-corrected chi connectivity index (χ2v) is 1.94. The molecular formula is C6H7N3O. The predicted octanol–water partition coefficient (Wildman–Crippen LogP) is 0.118. The van der Waals surface area contributed by atoms with Gasteiger partial charge in [0.1, 0.15) is 6.42 Å². The van der Waals surface area contributed by atoms with E-state index in [0.717, 1.165) is 6.42 Å². The molecule has 1 amide bonds. The molecule has 0 N–H and O–H groups in total. The third kappa shape index (κ3) is 1.32. The SMILES string of the molecule is N#CCC(=O)N1CCC=N1. The molecule has 1 rings (SSSR count). The second-order valence-electron chi connectivity index (χ2n) is 1.94. The maximum Gasteiger partial charge on any atom is 0.256 e. The Bertz CT molecular complexity index is 204. The van der Waals surface area contributed by atoms with Crippen molar-refractivity contribution in [2.75, 3.05) is 6.54 Å². The van der Waals surface area contributed by atoms with Gasteiger partial charge in [-0.3, -0.25) is 4.79 Å². The first-order chi connectivity index (χ1) is 4.84. The van der Waals surface area contributed by atoms with E-state index in [-0.39, 0.29) is 12.3 Å². The Hall–Kier alpha value is -1.37. The van der Waals surface area contributed by atoms with E-state index in [1.807, 2.05) is 0 Å². The van der Waals surface area contributed by atoms with Gasteiger partial charge in [0.15, 0.2) is 0 Å². The summed E-state index contributed by atoms with van der Waals surface area (Å²) in [5, 5.41) is 13.2. The van der Waals surface area contributed by atoms with Crippen LogP contribution in [-0.2, 0) is 4.79 Å². The summed E-state index contributed by atoms with van der Waals surface area (Å²) in [6.45, 7) is 0.626. The van der Waals surface area contributed by atoms with Gasteiger partial charge in [-0.15, -0.1) is 0 Å². The Morgan fingerprint density at radius 2 is 2.70 bits per heavy atom. The average molecular weight is 137 g/mol. The first kappa shape index (κ1) is 6.75. The standard InChI is InChI=1S/C6H7N3O/c7-3-2-6(10)9-5-1-4-8-9/h4H,1-2,5H2. The fourth-order valence-corrected chi connectivity index (χ4v) is 0.742. The van der Waals surface area contributed by atoms with E-state index in [0.29, 0.717) is 6.54 Å². The van der Waals surface area contributed by atoms with E-state index in [4.69, 9.17) is 5.26 Å². The van der Waals surface area contributed by atoms with Crippen LogP contribution < -0.4 is 0 Å². The van der Waals surface area contributed by atoms with Crippen LogP contribution in [0, 0.1) is 11.3 Å². The number of amides is 1. The number of nitrogens with zero attached hydrogens (tertiary/aromatic N) is 3. The lowest BCUT2D eigenvalue weighted by Crippen LogP contribution is -2.22. The summed E-state index contributed by atoms with van der Waals surface area (Å²) in [4.78, 5) is 10.8. The van der Waals surface area contributed by atoms with Crippen LogP contribution in [0.15, 0.2) is 5.10 Å². The van der Waals surface area contributed by atoms with E-state index >= 15 is 0 Å². The summed E-state index contributed by atoms with van der Waals surface area (Å²) < 4.78 is 0. The van der Waals surface area contributed by atoms with Crippen molar-refractivity contribution >= 4 is 12.1 Å². The van der Waals surface area contributed by atoms with Crippen LogP contribution in [0.1, 0.15) is 12.8 Å². The van der Waals surface area contributed by atoms with Crippen LogP contribution in [0.2, 0.25) is 0 Å². The lowest BCUT2D eigenvalue weighted by atomic mass is 10.4. The van der Waals surface area contributed by atoms with Crippen LogP contribution in [-0.4, -0.2) is 23.7 Å². The molecular weight excluding hydrogens is 130 g/mol. The quantitative estimate of drug-likeness (QED) is 0.515. The highest BCUT2D eigenvalue weighted by atomic mass is 16.2. The van der Waals surface area contributed by atoms with Crippen molar-refractivity contribution in [3.05, 3.63) is 0 Å². The number of hydrogen-bond donors (Lipinski definition) is 0. The maximum absolute atomic E-state index is 10.8. The van der Waals surface area contributed by atoms with Gasteiger partial charge in [-0.05, 0) is 0 Å². The highest BCUT2D eigenvalue weighted by molar-refractivity contribution is 5.80. The molecule has 0 atom stereocenters. The van der Waals surface area contributed by atoms with Crippen LogP contribution >= 0.6 is 0 Å². The van der Waals surface area contributed by atoms with Crippen molar-refractivity contribution in [1.29, 1.82) is 5.26 Å². The molecule has 4 nitrogen and oxygen atoms in total. The molecule has 52 valence electrons. The zero-order valence-corrected chi connectivity index (χ0v) is 5.45. The predicted molar refractivity (Wildman–Crippen MR) is 35.1 cm³/mol. The first-order valence-corrected chi connectivity index (χ1v) is 3.04. The van der Waals surface area contributed by atoms with Gasteiger partial charge in [0.05, 0.1) is 6.07 Å². The summed E-state index contributed by atoms with van der Waals surface area (Å²) in [6.07, 6.45) is 2.41. The van der Waals surface area contributed by atoms with E-state index in [1.54, 1.807) is 12.3 Å². The molecule has 1 aliphatic rings. The molecule has 0 unspecified atom stereocenters. The van der Waals surface area contributed by atoms with Crippen molar-refractivity contribution < 1.29 is 4.79 Å². The van der Waals surface area contributed by atoms with Gasteiger partial charge in [-0.25, -0.2) is 5.01 Å². The highest BCUT2D eigenvalue weighted by Gasteiger charge is 2.13. The molecule has 0 aromatic heterocycles. The number of rotatable bonds is 1. The van der Waals surface area contributed by atoms with Gasteiger partial charge in [0, 0.05) is 19.2 Å². The summed E-state index contributed by atoms with van der Waals surface area (Å²) >= 11 is 0. The van der Waals surface area contributed by atoms with Gasteiger partial charge in [-0.2, -0.15) is 10.4 Å². The molecule has 0 spiro atoms. The lowest BCUT2D eigenvalue weighted by molar-refractivity contribution is -0.129. The number of hydrogen-bond acceptors (Lipinski definition) is 3. The third-order valence-corrected chi connectivity index (χ3v) is 1.21. The Morgan fingerprint density at radius 1 is 1.90 bits per heavy atom. The molecule has 0 saturated carbocycles. The number of hydrazone groups is 1. The van der Waals surface area contributed by atoms with Gasteiger partial charge >= 0.3 is 0 Å². The molecule has 0 saturated heterocycles. The molecule has 1 heterocycles. The molecule has 0 aromatic carbocycles. The number of carbonyl (C=O) groups excluding carboxylic acids is 1. The monoisotopic (exact) mass is 137 g/mol. The normalized spacial score (nSPS) is 15.3. The highest BCUT2D eigenvalue weighted by Crippen LogP contribution is 2.01. The molecule has 0 aromatic rings. The zero-order chi connectivity index (χ0) is 7.40. The number of nitriles is 1. The Kier molecular flexibility index (Phi) is 2.00. The van der Waals surface area contributed by atoms with Crippen LogP contribution in [0.3, 0.4) is 0 Å². The molecule has 10 heavy (non-hydrogen) atoms. The Balaban J connectivity index is 2.42. The summed E-state index contributed by atoms with van der Waals surface area (Å²) in [5.41, 5.74) is 0. The molecule has 0 bridgehead atoms. The van der Waals surface area contributed by atoms with Crippen molar-refractivity contribution in [1.82, 2.24) is 5.01 Å². The van der Waals surface area contributed by atoms with Gasteiger partial charge in [-0.1, -0.05) is 0 Å². The largest absolute Gasteiger partial charge is 0.272 e. The summed E-state index contributed by atoms with van der Waals surface area (Å²) in [6, 6.07) is 1.78. The van der Waals surface area contributed by atoms with Crippen molar-refractivity contribution in [2.45, 2.75) is 12.8 Å². The fourth-order valence-electron chi connectivity index (χ4n) is 0.742. The molecule has 1 aliphatic heterocycles. The Morgan fingerprint density at radius 3 is 3.20 bits per heavy atom. The van der Waals surface area contributed by atoms with Crippen LogP contribution in [0.4, 0.5) is 0 Å². The second kappa shape index (κ2) is 2.97. The van der Waals surface area contributed by atoms with Crippen LogP contribution in [0.25, 0.3) is 0 Å². The molecule has 4 heteroatoms. The van der Waals surface area contributed by atoms with Crippen molar-refractivity contribution in [3.8, 4) is 6.07 Å². The lowest BCUT2D eigenvalue weighted by Gasteiger charge is -2.07. The van der Waals surface area contributed by atoms with E-state index in [1.165, 1.54) is 5.01 Å². The summed E-state index contributed by atoms with van der Waals surface area (Å²) in [5.74, 6) is -0.212. The van der Waals surface area contributed by atoms with Crippen molar-refractivity contribution in [3.63, 3.8) is 0 Å².